The lowest BCUT2D eigenvalue weighted by molar-refractivity contribution is -0.144. The lowest BCUT2D eigenvalue weighted by Gasteiger charge is -2.50. The molecular formula is C18H16F4N6O. The van der Waals surface area contributed by atoms with Crippen molar-refractivity contribution in [3.8, 4) is 0 Å². The zero-order valence-corrected chi connectivity index (χ0v) is 14.9. The van der Waals surface area contributed by atoms with Crippen molar-refractivity contribution in [3.05, 3.63) is 59.7 Å². The fourth-order valence-corrected chi connectivity index (χ4v) is 3.46. The third-order valence-corrected chi connectivity index (χ3v) is 4.98. The van der Waals surface area contributed by atoms with Crippen LogP contribution in [0.25, 0.3) is 5.65 Å². The maximum Gasteiger partial charge on any atom is 0.453 e. The molecule has 0 saturated carbocycles. The lowest BCUT2D eigenvalue weighted by atomic mass is 9.73. The van der Waals surface area contributed by atoms with Gasteiger partial charge >= 0.3 is 12.2 Å². The number of pyridine rings is 1. The van der Waals surface area contributed by atoms with Crippen LogP contribution in [0.4, 0.5) is 28.2 Å². The minimum Gasteiger partial charge on any atom is -0.369 e. The van der Waals surface area contributed by atoms with Gasteiger partial charge in [-0.1, -0.05) is 18.2 Å². The summed E-state index contributed by atoms with van der Waals surface area (Å²) in [5.41, 5.74) is 5.58. The Morgan fingerprint density at radius 3 is 2.48 bits per heavy atom. The number of alkyl halides is 3. The Kier molecular flexibility index (Phi) is 4.32. The molecule has 4 rings (SSSR count). The number of benzene rings is 1. The minimum atomic E-state index is -4.66. The van der Waals surface area contributed by atoms with Gasteiger partial charge in [0.15, 0.2) is 5.65 Å². The highest BCUT2D eigenvalue weighted by molar-refractivity contribution is 5.74. The number of hydrogen-bond acceptors (Lipinski definition) is 4. The molecule has 1 saturated heterocycles. The molecule has 2 aromatic heterocycles. The molecule has 7 nitrogen and oxygen atoms in total. The molecule has 152 valence electrons. The molecule has 1 fully saturated rings. The summed E-state index contributed by atoms with van der Waals surface area (Å²) < 4.78 is 53.2. The van der Waals surface area contributed by atoms with E-state index in [1.807, 2.05) is 0 Å². The predicted octanol–water partition coefficient (Wildman–Crippen LogP) is 2.63. The molecule has 0 spiro atoms. The minimum absolute atomic E-state index is 0.0468. The number of nitrogens with two attached hydrogens (primary N) is 1. The summed E-state index contributed by atoms with van der Waals surface area (Å²) in [5.74, 6) is -1.32. The van der Waals surface area contributed by atoms with E-state index < -0.39 is 29.3 Å². The summed E-state index contributed by atoms with van der Waals surface area (Å²) in [4.78, 5) is 16.4. The van der Waals surface area contributed by atoms with Crippen molar-refractivity contribution in [1.29, 1.82) is 0 Å². The first-order chi connectivity index (χ1) is 13.7. The third kappa shape index (κ3) is 3.43. The van der Waals surface area contributed by atoms with Crippen molar-refractivity contribution < 1.29 is 22.4 Å². The second-order valence-electron chi connectivity index (χ2n) is 6.95. The van der Waals surface area contributed by atoms with Gasteiger partial charge in [-0.05, 0) is 29.8 Å². The number of nitrogens with one attached hydrogen (secondary N) is 1. The predicted molar refractivity (Wildman–Crippen MR) is 95.7 cm³/mol. The number of amides is 2. The molecule has 29 heavy (non-hydrogen) atoms. The maximum atomic E-state index is 13.3. The number of rotatable bonds is 4. The highest BCUT2D eigenvalue weighted by Gasteiger charge is 2.46. The van der Waals surface area contributed by atoms with Crippen LogP contribution in [-0.4, -0.2) is 45.2 Å². The number of fused-ring (bicyclic) bond motifs is 1. The van der Waals surface area contributed by atoms with E-state index in [9.17, 15) is 22.4 Å². The van der Waals surface area contributed by atoms with Gasteiger partial charge in [0.2, 0.25) is 0 Å². The number of primary amides is 1. The molecule has 0 aliphatic carbocycles. The largest absolute Gasteiger partial charge is 0.453 e. The highest BCUT2D eigenvalue weighted by Crippen LogP contribution is 2.35. The summed E-state index contributed by atoms with van der Waals surface area (Å²) in [6.07, 6.45) is -4.66. The van der Waals surface area contributed by atoms with E-state index in [0.717, 1.165) is 10.1 Å². The second-order valence-corrected chi connectivity index (χ2v) is 6.95. The van der Waals surface area contributed by atoms with Gasteiger partial charge in [0.25, 0.3) is 5.82 Å². The summed E-state index contributed by atoms with van der Waals surface area (Å²) in [6, 6.07) is 9.85. The number of carbonyl (C=O) groups excluding carboxylic acids is 1. The number of anilines is 1. The number of likely N-dealkylation sites (tertiary alicyclic amines) is 1. The summed E-state index contributed by atoms with van der Waals surface area (Å²) in [6.45, 7) is 0.854. The average Bonchev–Trinajstić information content (AvgIpc) is 3.07. The quantitative estimate of drug-likeness (QED) is 0.650. The van der Waals surface area contributed by atoms with E-state index in [4.69, 9.17) is 5.73 Å². The maximum absolute atomic E-state index is 13.3. The van der Waals surface area contributed by atoms with Crippen LogP contribution in [0, 0.1) is 5.82 Å². The Hall–Kier alpha value is -3.37. The Morgan fingerprint density at radius 1 is 1.17 bits per heavy atom. The number of nitrogens with zero attached hydrogens (tertiary/aromatic N) is 4. The zero-order valence-electron chi connectivity index (χ0n) is 14.9. The second kappa shape index (κ2) is 6.61. The number of hydrogen-bond donors (Lipinski definition) is 2. The molecule has 0 atom stereocenters. The lowest BCUT2D eigenvalue weighted by Crippen LogP contribution is -2.65. The van der Waals surface area contributed by atoms with E-state index in [1.165, 1.54) is 23.1 Å². The first-order valence-electron chi connectivity index (χ1n) is 8.65. The molecule has 11 heteroatoms. The molecule has 0 radical (unpaired) electrons. The molecule has 3 heterocycles. The monoisotopic (exact) mass is 408 g/mol. The van der Waals surface area contributed by atoms with Crippen LogP contribution in [0.1, 0.15) is 11.4 Å². The molecule has 3 N–H and O–H groups in total. The van der Waals surface area contributed by atoms with E-state index >= 15 is 0 Å². The smallest absolute Gasteiger partial charge is 0.369 e. The molecule has 1 aromatic carbocycles. The molecule has 0 bridgehead atoms. The Bertz CT molecular complexity index is 1060. The van der Waals surface area contributed by atoms with Crippen LogP contribution in [0.3, 0.4) is 0 Å². The van der Waals surface area contributed by atoms with E-state index in [2.05, 4.69) is 15.4 Å². The van der Waals surface area contributed by atoms with Crippen LogP contribution in [0.2, 0.25) is 0 Å². The van der Waals surface area contributed by atoms with Crippen molar-refractivity contribution in [1.82, 2.24) is 19.5 Å². The number of aromatic nitrogens is 3. The summed E-state index contributed by atoms with van der Waals surface area (Å²) in [7, 11) is 0. The molecule has 0 unspecified atom stereocenters. The van der Waals surface area contributed by atoms with Crippen molar-refractivity contribution >= 4 is 17.5 Å². The standard InChI is InChI=1S/C18H16F4N6O/c19-12-6-4-11(5-7-12)17(9-27(10-17)16(23)29)8-24-13-2-1-3-14-25-15(18(20,21)22)26-28(13)14/h1-7,24H,8-10H2,(H2,23,29). The van der Waals surface area contributed by atoms with Crippen molar-refractivity contribution in [2.45, 2.75) is 11.6 Å². The first-order valence-corrected chi connectivity index (χ1v) is 8.65. The van der Waals surface area contributed by atoms with Crippen molar-refractivity contribution in [2.24, 2.45) is 5.73 Å². The van der Waals surface area contributed by atoms with Gasteiger partial charge in [-0.25, -0.2) is 14.2 Å². The normalized spacial score (nSPS) is 15.9. The Labute approximate surface area is 162 Å². The van der Waals surface area contributed by atoms with Crippen molar-refractivity contribution in [3.63, 3.8) is 0 Å². The average molecular weight is 408 g/mol. The van der Waals surface area contributed by atoms with Gasteiger partial charge in [-0.3, -0.25) is 0 Å². The van der Waals surface area contributed by atoms with Crippen LogP contribution in [0.15, 0.2) is 42.5 Å². The van der Waals surface area contributed by atoms with Crippen molar-refractivity contribution in [2.75, 3.05) is 25.0 Å². The van der Waals surface area contributed by atoms with E-state index in [0.29, 0.717) is 18.9 Å². The number of halogens is 4. The fraction of sp³-hybridized carbons (Fsp3) is 0.278. The van der Waals surface area contributed by atoms with Crippen LogP contribution in [0.5, 0.6) is 0 Å². The molecule has 3 aromatic rings. The molecule has 2 amide bonds. The van der Waals surface area contributed by atoms with Gasteiger partial charge in [-0.15, -0.1) is 5.10 Å². The van der Waals surface area contributed by atoms with Crippen LogP contribution >= 0.6 is 0 Å². The Balaban J connectivity index is 1.62. The Morgan fingerprint density at radius 2 is 1.86 bits per heavy atom. The zero-order chi connectivity index (χ0) is 20.8. The van der Waals surface area contributed by atoms with E-state index in [1.54, 1.807) is 24.3 Å². The molecule has 1 aliphatic rings. The fourth-order valence-electron chi connectivity index (χ4n) is 3.46. The van der Waals surface area contributed by atoms with Gasteiger partial charge < -0.3 is 16.0 Å². The van der Waals surface area contributed by atoms with Crippen LogP contribution < -0.4 is 11.1 Å². The van der Waals surface area contributed by atoms with E-state index in [-0.39, 0.29) is 12.2 Å². The molecule has 1 aliphatic heterocycles. The van der Waals surface area contributed by atoms with Gasteiger partial charge in [0.05, 0.1) is 0 Å². The summed E-state index contributed by atoms with van der Waals surface area (Å²) in [5, 5.41) is 6.63. The highest BCUT2D eigenvalue weighted by atomic mass is 19.4. The van der Waals surface area contributed by atoms with Gasteiger partial charge in [0.1, 0.15) is 11.6 Å². The first kappa shape index (κ1) is 19.0. The summed E-state index contributed by atoms with van der Waals surface area (Å²) >= 11 is 0. The number of urea groups is 1. The van der Waals surface area contributed by atoms with Crippen LogP contribution in [-0.2, 0) is 11.6 Å². The third-order valence-electron chi connectivity index (χ3n) is 4.98. The SMILES string of the molecule is NC(=O)N1CC(CNc2cccc3nc(C(F)(F)F)nn23)(c2ccc(F)cc2)C1. The molecular weight excluding hydrogens is 392 g/mol. The topological polar surface area (TPSA) is 88.5 Å². The number of carbonyl (C=O) groups is 1. The van der Waals surface area contributed by atoms with Gasteiger partial charge in [-0.2, -0.15) is 17.7 Å². The van der Waals surface area contributed by atoms with Gasteiger partial charge in [0, 0.05) is 25.0 Å².